The summed E-state index contributed by atoms with van der Waals surface area (Å²) in [6.07, 6.45) is 2.23. The van der Waals surface area contributed by atoms with Crippen LogP contribution in [0.1, 0.15) is 31.4 Å². The van der Waals surface area contributed by atoms with E-state index in [0.29, 0.717) is 12.6 Å². The maximum Gasteiger partial charge on any atom is 0.327 e. The van der Waals surface area contributed by atoms with Crippen molar-refractivity contribution in [3.63, 3.8) is 0 Å². The molecule has 1 fully saturated rings. The molecular weight excluding hydrogens is 230 g/mol. The number of esters is 1. The van der Waals surface area contributed by atoms with Crippen LogP contribution in [-0.2, 0) is 9.53 Å². The minimum atomic E-state index is -0.440. The maximum atomic E-state index is 11.9. The second-order valence-electron chi connectivity index (χ2n) is 4.37. The Morgan fingerprint density at radius 1 is 1.44 bits per heavy atom. The monoisotopic (exact) mass is 249 g/mol. The van der Waals surface area contributed by atoms with E-state index in [0.717, 1.165) is 24.2 Å². The smallest absolute Gasteiger partial charge is 0.327 e. The standard InChI is InChI=1S/C14H19NO3/c1-3-18-12-7-5-4-6-11(12)13(14(16)17-2)15-10-8-9-10/h4-7,10,13,15H,3,8-9H2,1-2H3. The van der Waals surface area contributed by atoms with Gasteiger partial charge in [0.1, 0.15) is 11.8 Å². The molecule has 1 N–H and O–H groups in total. The Kier molecular flexibility index (Phi) is 4.20. The molecule has 98 valence electrons. The number of ether oxygens (including phenoxy) is 2. The second-order valence-corrected chi connectivity index (χ2v) is 4.37. The molecule has 0 aromatic heterocycles. The number of hydrogen-bond donors (Lipinski definition) is 1. The van der Waals surface area contributed by atoms with E-state index >= 15 is 0 Å². The SMILES string of the molecule is CCOc1ccccc1C(NC1CC1)C(=O)OC. The number of rotatable bonds is 6. The minimum absolute atomic E-state index is 0.269. The Labute approximate surface area is 107 Å². The number of carbonyl (C=O) groups excluding carboxylic acids is 1. The Balaban J connectivity index is 2.24. The first kappa shape index (κ1) is 12.9. The van der Waals surface area contributed by atoms with Gasteiger partial charge in [0.2, 0.25) is 0 Å². The maximum absolute atomic E-state index is 11.9. The Bertz CT molecular complexity index is 415. The van der Waals surface area contributed by atoms with Gasteiger partial charge in [-0.15, -0.1) is 0 Å². The van der Waals surface area contributed by atoms with Crippen molar-refractivity contribution in [1.29, 1.82) is 0 Å². The molecule has 0 radical (unpaired) electrons. The van der Waals surface area contributed by atoms with Crippen molar-refractivity contribution in [2.24, 2.45) is 0 Å². The van der Waals surface area contributed by atoms with Crippen molar-refractivity contribution in [3.05, 3.63) is 29.8 Å². The topological polar surface area (TPSA) is 47.6 Å². The van der Waals surface area contributed by atoms with Gasteiger partial charge in [-0.2, -0.15) is 0 Å². The zero-order valence-corrected chi connectivity index (χ0v) is 10.8. The van der Waals surface area contributed by atoms with Crippen LogP contribution in [0.15, 0.2) is 24.3 Å². The molecule has 0 spiro atoms. The summed E-state index contributed by atoms with van der Waals surface area (Å²) in [4.78, 5) is 11.9. The predicted molar refractivity (Wildman–Crippen MR) is 68.5 cm³/mol. The van der Waals surface area contributed by atoms with Gasteiger partial charge in [0.05, 0.1) is 13.7 Å². The molecule has 1 aromatic carbocycles. The van der Waals surface area contributed by atoms with E-state index in [9.17, 15) is 4.79 Å². The Hall–Kier alpha value is -1.55. The molecule has 4 heteroatoms. The molecule has 0 heterocycles. The van der Waals surface area contributed by atoms with Gasteiger partial charge in [-0.05, 0) is 25.8 Å². The number of methoxy groups -OCH3 is 1. The molecule has 0 aliphatic heterocycles. The highest BCUT2D eigenvalue weighted by atomic mass is 16.5. The van der Waals surface area contributed by atoms with Crippen molar-refractivity contribution in [2.75, 3.05) is 13.7 Å². The fourth-order valence-electron chi connectivity index (χ4n) is 1.89. The van der Waals surface area contributed by atoms with Gasteiger partial charge >= 0.3 is 5.97 Å². The van der Waals surface area contributed by atoms with Crippen LogP contribution in [-0.4, -0.2) is 25.7 Å². The van der Waals surface area contributed by atoms with Crippen LogP contribution in [0.4, 0.5) is 0 Å². The summed E-state index contributed by atoms with van der Waals surface area (Å²) < 4.78 is 10.4. The fourth-order valence-corrected chi connectivity index (χ4v) is 1.89. The first-order valence-electron chi connectivity index (χ1n) is 6.31. The third-order valence-electron chi connectivity index (χ3n) is 2.95. The molecule has 0 bridgehead atoms. The highest BCUT2D eigenvalue weighted by Crippen LogP contribution is 2.30. The van der Waals surface area contributed by atoms with E-state index in [-0.39, 0.29) is 5.97 Å². The lowest BCUT2D eigenvalue weighted by molar-refractivity contribution is -0.143. The molecule has 1 unspecified atom stereocenters. The third kappa shape index (κ3) is 3.01. The summed E-state index contributed by atoms with van der Waals surface area (Å²) in [7, 11) is 1.41. The van der Waals surface area contributed by atoms with Gasteiger partial charge in [0.25, 0.3) is 0 Å². The summed E-state index contributed by atoms with van der Waals surface area (Å²) in [5, 5.41) is 3.30. The average molecular weight is 249 g/mol. The molecule has 4 nitrogen and oxygen atoms in total. The zero-order chi connectivity index (χ0) is 13.0. The van der Waals surface area contributed by atoms with Gasteiger partial charge in [-0.25, -0.2) is 4.79 Å². The molecule has 1 aliphatic carbocycles. The molecule has 1 saturated carbocycles. The normalized spacial score (nSPS) is 16.1. The van der Waals surface area contributed by atoms with Crippen LogP contribution in [0.3, 0.4) is 0 Å². The summed E-state index contributed by atoms with van der Waals surface area (Å²) in [6, 6.07) is 7.57. The number of benzene rings is 1. The molecule has 0 amide bonds. The lowest BCUT2D eigenvalue weighted by Crippen LogP contribution is -2.31. The number of para-hydroxylation sites is 1. The van der Waals surface area contributed by atoms with Crippen LogP contribution >= 0.6 is 0 Å². The lowest BCUT2D eigenvalue weighted by Gasteiger charge is -2.19. The molecular formula is C14H19NO3. The van der Waals surface area contributed by atoms with Crippen molar-refractivity contribution >= 4 is 5.97 Å². The fraction of sp³-hybridized carbons (Fsp3) is 0.500. The van der Waals surface area contributed by atoms with E-state index in [1.54, 1.807) is 0 Å². The van der Waals surface area contributed by atoms with Gasteiger partial charge in [0.15, 0.2) is 0 Å². The number of carbonyl (C=O) groups is 1. The first-order chi connectivity index (χ1) is 8.76. The van der Waals surface area contributed by atoms with Crippen molar-refractivity contribution in [1.82, 2.24) is 5.32 Å². The van der Waals surface area contributed by atoms with Crippen LogP contribution in [0, 0.1) is 0 Å². The minimum Gasteiger partial charge on any atom is -0.494 e. The van der Waals surface area contributed by atoms with Crippen LogP contribution < -0.4 is 10.1 Å². The van der Waals surface area contributed by atoms with E-state index in [1.807, 2.05) is 31.2 Å². The summed E-state index contributed by atoms with van der Waals surface area (Å²) in [5.74, 6) is 0.470. The highest BCUT2D eigenvalue weighted by molar-refractivity contribution is 5.78. The quantitative estimate of drug-likeness (QED) is 0.784. The van der Waals surface area contributed by atoms with Crippen LogP contribution in [0.25, 0.3) is 0 Å². The van der Waals surface area contributed by atoms with Crippen molar-refractivity contribution in [2.45, 2.75) is 31.8 Å². The summed E-state index contributed by atoms with van der Waals surface area (Å²) >= 11 is 0. The molecule has 1 aromatic rings. The van der Waals surface area contributed by atoms with E-state index in [1.165, 1.54) is 7.11 Å². The Morgan fingerprint density at radius 2 is 2.17 bits per heavy atom. The molecule has 2 rings (SSSR count). The van der Waals surface area contributed by atoms with Gasteiger partial charge in [-0.1, -0.05) is 18.2 Å². The lowest BCUT2D eigenvalue weighted by atomic mass is 10.1. The summed E-state index contributed by atoms with van der Waals surface area (Å²) in [6.45, 7) is 2.51. The van der Waals surface area contributed by atoms with Crippen LogP contribution in [0.2, 0.25) is 0 Å². The highest BCUT2D eigenvalue weighted by Gasteiger charge is 2.31. The van der Waals surface area contributed by atoms with Crippen molar-refractivity contribution in [3.8, 4) is 5.75 Å². The number of hydrogen-bond acceptors (Lipinski definition) is 4. The molecule has 1 aliphatic rings. The first-order valence-corrected chi connectivity index (χ1v) is 6.31. The largest absolute Gasteiger partial charge is 0.494 e. The van der Waals surface area contributed by atoms with Gasteiger partial charge in [0, 0.05) is 11.6 Å². The molecule has 18 heavy (non-hydrogen) atoms. The number of nitrogens with one attached hydrogen (secondary N) is 1. The molecule has 1 atom stereocenters. The summed E-state index contributed by atoms with van der Waals surface area (Å²) in [5.41, 5.74) is 0.845. The third-order valence-corrected chi connectivity index (χ3v) is 2.95. The van der Waals surface area contributed by atoms with E-state index in [4.69, 9.17) is 9.47 Å². The molecule has 0 saturated heterocycles. The van der Waals surface area contributed by atoms with E-state index in [2.05, 4.69) is 5.32 Å². The van der Waals surface area contributed by atoms with E-state index < -0.39 is 6.04 Å². The van der Waals surface area contributed by atoms with Gasteiger partial charge < -0.3 is 9.47 Å². The van der Waals surface area contributed by atoms with Crippen molar-refractivity contribution < 1.29 is 14.3 Å². The Morgan fingerprint density at radius 3 is 2.78 bits per heavy atom. The predicted octanol–water partition coefficient (Wildman–Crippen LogP) is 2.05. The van der Waals surface area contributed by atoms with Gasteiger partial charge in [-0.3, -0.25) is 5.32 Å². The van der Waals surface area contributed by atoms with Crippen LogP contribution in [0.5, 0.6) is 5.75 Å². The second kappa shape index (κ2) is 5.87. The average Bonchev–Trinajstić information content (AvgIpc) is 3.20. The zero-order valence-electron chi connectivity index (χ0n) is 10.8.